The highest BCUT2D eigenvalue weighted by molar-refractivity contribution is 14.0. The van der Waals surface area contributed by atoms with E-state index >= 15 is 0 Å². The molecule has 0 aromatic carbocycles. The van der Waals surface area contributed by atoms with E-state index in [9.17, 15) is 18.0 Å². The van der Waals surface area contributed by atoms with Gasteiger partial charge in [-0.25, -0.2) is 9.78 Å². The summed E-state index contributed by atoms with van der Waals surface area (Å²) in [6, 6.07) is 2.97. The number of halogens is 4. The summed E-state index contributed by atoms with van der Waals surface area (Å²) in [7, 11) is 1.59. The quantitative estimate of drug-likeness (QED) is 0.268. The number of alkyl halides is 3. The van der Waals surface area contributed by atoms with E-state index in [-0.39, 0.29) is 29.9 Å². The third kappa shape index (κ3) is 13.8. The highest BCUT2D eigenvalue weighted by Gasteiger charge is 2.28. The van der Waals surface area contributed by atoms with E-state index in [4.69, 9.17) is 4.74 Å². The van der Waals surface area contributed by atoms with Crippen LogP contribution in [-0.2, 0) is 11.3 Å². The first-order valence-electron chi connectivity index (χ1n) is 9.29. The van der Waals surface area contributed by atoms with E-state index in [0.717, 1.165) is 5.56 Å². The second-order valence-electron chi connectivity index (χ2n) is 8.20. The predicted octanol–water partition coefficient (Wildman–Crippen LogP) is 3.61. The second-order valence-corrected chi connectivity index (χ2v) is 8.20. The standard InChI is InChI=1S/C19H30F3N5O3.HI/c1-17(2,3)30-16(28)27-18(4,5)11-26-15(23-6)25-10-13-7-8-14(24-9-13)29-12-19(20,21)22;/h7-9H,10-12H2,1-6H3,(H,27,28)(H2,23,25,26);1H. The summed E-state index contributed by atoms with van der Waals surface area (Å²) in [6.45, 7) is 8.34. The first-order chi connectivity index (χ1) is 13.7. The molecule has 0 atom stereocenters. The normalized spacial score (nSPS) is 12.5. The van der Waals surface area contributed by atoms with Gasteiger partial charge in [0.15, 0.2) is 12.6 Å². The largest absolute Gasteiger partial charge is 0.468 e. The Labute approximate surface area is 197 Å². The zero-order valence-electron chi connectivity index (χ0n) is 18.5. The van der Waals surface area contributed by atoms with Crippen LogP contribution in [0, 0.1) is 0 Å². The number of carbonyl (C=O) groups is 1. The van der Waals surface area contributed by atoms with E-state index in [0.29, 0.717) is 19.0 Å². The Balaban J connectivity index is 0.00000900. The van der Waals surface area contributed by atoms with Crippen molar-refractivity contribution in [2.45, 2.75) is 58.5 Å². The average molecular weight is 561 g/mol. The van der Waals surface area contributed by atoms with Gasteiger partial charge in [0.1, 0.15) is 5.60 Å². The molecule has 1 heterocycles. The minimum absolute atomic E-state index is 0. The van der Waals surface area contributed by atoms with Crippen LogP contribution in [0.1, 0.15) is 40.2 Å². The molecule has 0 aliphatic heterocycles. The van der Waals surface area contributed by atoms with Gasteiger partial charge in [0, 0.05) is 32.4 Å². The highest BCUT2D eigenvalue weighted by atomic mass is 127. The molecule has 1 amide bonds. The van der Waals surface area contributed by atoms with Gasteiger partial charge in [0.2, 0.25) is 5.88 Å². The molecule has 3 N–H and O–H groups in total. The smallest absolute Gasteiger partial charge is 0.422 e. The molecule has 1 rings (SSSR count). The summed E-state index contributed by atoms with van der Waals surface area (Å²) in [5.41, 5.74) is -0.477. The Kier molecular flexibility index (Phi) is 11.4. The fraction of sp³-hybridized carbons (Fsp3) is 0.632. The fourth-order valence-electron chi connectivity index (χ4n) is 2.09. The van der Waals surface area contributed by atoms with Crippen LogP contribution in [0.25, 0.3) is 0 Å². The van der Waals surface area contributed by atoms with E-state index in [1.165, 1.54) is 12.3 Å². The number of hydrogen-bond acceptors (Lipinski definition) is 5. The van der Waals surface area contributed by atoms with Crippen LogP contribution in [0.2, 0.25) is 0 Å². The van der Waals surface area contributed by atoms with Crippen LogP contribution < -0.4 is 20.7 Å². The van der Waals surface area contributed by atoms with Crippen LogP contribution in [0.15, 0.2) is 23.3 Å². The lowest BCUT2D eigenvalue weighted by Gasteiger charge is -2.29. The Morgan fingerprint density at radius 3 is 2.26 bits per heavy atom. The van der Waals surface area contributed by atoms with Crippen molar-refractivity contribution in [1.82, 2.24) is 20.9 Å². The van der Waals surface area contributed by atoms with Gasteiger partial charge >= 0.3 is 12.3 Å². The van der Waals surface area contributed by atoms with Crippen LogP contribution in [0.3, 0.4) is 0 Å². The summed E-state index contributed by atoms with van der Waals surface area (Å²) in [4.78, 5) is 19.9. The molecule has 1 aromatic rings. The highest BCUT2D eigenvalue weighted by Crippen LogP contribution is 2.17. The number of rotatable bonds is 7. The third-order valence-electron chi connectivity index (χ3n) is 3.40. The lowest BCUT2D eigenvalue weighted by molar-refractivity contribution is -0.154. The third-order valence-corrected chi connectivity index (χ3v) is 3.40. The molecule has 0 fully saturated rings. The van der Waals surface area contributed by atoms with Crippen molar-refractivity contribution in [2.75, 3.05) is 20.2 Å². The molecule has 31 heavy (non-hydrogen) atoms. The maximum absolute atomic E-state index is 12.2. The Morgan fingerprint density at radius 1 is 1.13 bits per heavy atom. The van der Waals surface area contributed by atoms with E-state index in [1.807, 2.05) is 13.8 Å². The number of ether oxygens (including phenoxy) is 2. The first kappa shape index (κ1) is 29.0. The maximum Gasteiger partial charge on any atom is 0.422 e. The number of alkyl carbamates (subject to hydrolysis) is 1. The fourth-order valence-corrected chi connectivity index (χ4v) is 2.09. The molecular weight excluding hydrogens is 530 g/mol. The van der Waals surface area contributed by atoms with Crippen LogP contribution >= 0.6 is 24.0 Å². The molecule has 8 nitrogen and oxygen atoms in total. The van der Waals surface area contributed by atoms with Gasteiger partial charge in [0.05, 0.1) is 5.54 Å². The molecule has 12 heteroatoms. The van der Waals surface area contributed by atoms with Crippen LogP contribution in [0.5, 0.6) is 5.88 Å². The molecule has 178 valence electrons. The number of carbonyl (C=O) groups excluding carboxylic acids is 1. The topological polar surface area (TPSA) is 96.9 Å². The van der Waals surface area contributed by atoms with E-state index in [1.54, 1.807) is 33.9 Å². The number of amides is 1. The molecule has 0 saturated heterocycles. The van der Waals surface area contributed by atoms with Gasteiger partial charge in [-0.1, -0.05) is 6.07 Å². The van der Waals surface area contributed by atoms with Crippen molar-refractivity contribution in [3.63, 3.8) is 0 Å². The SMILES string of the molecule is CN=C(NCc1ccc(OCC(F)(F)F)nc1)NCC(C)(C)NC(=O)OC(C)(C)C.I. The Hall–Kier alpha value is -1.99. The monoisotopic (exact) mass is 561 g/mol. The van der Waals surface area contributed by atoms with Gasteiger partial charge < -0.3 is 25.4 Å². The Morgan fingerprint density at radius 2 is 1.77 bits per heavy atom. The van der Waals surface area contributed by atoms with Gasteiger partial charge in [-0.3, -0.25) is 4.99 Å². The van der Waals surface area contributed by atoms with Crippen molar-refractivity contribution in [3.05, 3.63) is 23.9 Å². The molecule has 0 radical (unpaired) electrons. The van der Waals surface area contributed by atoms with Crippen molar-refractivity contribution in [2.24, 2.45) is 4.99 Å². The number of pyridine rings is 1. The number of guanidine groups is 1. The summed E-state index contributed by atoms with van der Waals surface area (Å²) >= 11 is 0. The lowest BCUT2D eigenvalue weighted by Crippen LogP contribution is -2.54. The molecule has 0 unspecified atom stereocenters. The summed E-state index contributed by atoms with van der Waals surface area (Å²) in [6.07, 6.45) is -3.51. The van der Waals surface area contributed by atoms with Crippen LogP contribution in [-0.4, -0.2) is 54.6 Å². The second kappa shape index (κ2) is 12.2. The first-order valence-corrected chi connectivity index (χ1v) is 9.29. The number of aromatic nitrogens is 1. The summed E-state index contributed by atoms with van der Waals surface area (Å²) < 4.78 is 46.3. The number of hydrogen-bond donors (Lipinski definition) is 3. The van der Waals surface area contributed by atoms with Crippen molar-refractivity contribution in [3.8, 4) is 5.88 Å². The van der Waals surface area contributed by atoms with E-state index in [2.05, 4.69) is 30.7 Å². The number of aliphatic imine (C=N–C) groups is 1. The van der Waals surface area contributed by atoms with Crippen LogP contribution in [0.4, 0.5) is 18.0 Å². The molecule has 1 aromatic heterocycles. The Bertz CT molecular complexity index is 720. The zero-order chi connectivity index (χ0) is 23.0. The number of nitrogens with one attached hydrogen (secondary N) is 3. The summed E-state index contributed by atoms with van der Waals surface area (Å²) in [5.74, 6) is 0.375. The number of nitrogens with zero attached hydrogens (tertiary/aromatic N) is 2. The molecule has 0 bridgehead atoms. The molecule has 0 spiro atoms. The minimum Gasteiger partial charge on any atom is -0.468 e. The maximum atomic E-state index is 12.2. The molecule has 0 aliphatic rings. The van der Waals surface area contributed by atoms with Gasteiger partial charge in [0.25, 0.3) is 0 Å². The van der Waals surface area contributed by atoms with Gasteiger partial charge in [-0.15, -0.1) is 24.0 Å². The van der Waals surface area contributed by atoms with E-state index < -0.39 is 30.0 Å². The molecule has 0 aliphatic carbocycles. The van der Waals surface area contributed by atoms with Gasteiger partial charge in [-0.2, -0.15) is 13.2 Å². The van der Waals surface area contributed by atoms with Crippen molar-refractivity contribution in [1.29, 1.82) is 0 Å². The van der Waals surface area contributed by atoms with Crippen molar-refractivity contribution < 1.29 is 27.4 Å². The minimum atomic E-state index is -4.41. The summed E-state index contributed by atoms with van der Waals surface area (Å²) in [5, 5.41) is 8.94. The van der Waals surface area contributed by atoms with Crippen molar-refractivity contribution >= 4 is 36.0 Å². The average Bonchev–Trinajstić information content (AvgIpc) is 2.58. The predicted molar refractivity (Wildman–Crippen MR) is 123 cm³/mol. The zero-order valence-corrected chi connectivity index (χ0v) is 20.8. The van der Waals surface area contributed by atoms with Gasteiger partial charge in [-0.05, 0) is 40.2 Å². The lowest BCUT2D eigenvalue weighted by atomic mass is 10.1. The molecular formula is C19H31F3IN5O3. The molecule has 0 saturated carbocycles.